The zero-order valence-electron chi connectivity index (χ0n) is 12.4. The van der Waals surface area contributed by atoms with Crippen LogP contribution in [0.1, 0.15) is 23.2 Å². The monoisotopic (exact) mass is 321 g/mol. The number of carbonyl (C=O) groups is 1. The lowest BCUT2D eigenvalue weighted by Crippen LogP contribution is -2.35. The number of aliphatic hydroxyl groups is 3. The number of hydrogen-bond acceptors (Lipinski definition) is 6. The maximum Gasteiger partial charge on any atom is 0.407 e. The second kappa shape index (κ2) is 8.33. The van der Waals surface area contributed by atoms with Gasteiger partial charge in [-0.2, -0.15) is 0 Å². The quantitative estimate of drug-likeness (QED) is 0.607. The molecule has 0 aliphatic heterocycles. The molecule has 0 saturated heterocycles. The Morgan fingerprint density at radius 2 is 1.91 bits per heavy atom. The van der Waals surface area contributed by atoms with E-state index in [-0.39, 0.29) is 31.3 Å². The maximum absolute atomic E-state index is 11.5. The van der Waals surface area contributed by atoms with Gasteiger partial charge in [0.25, 0.3) is 0 Å². The summed E-state index contributed by atoms with van der Waals surface area (Å²) in [5.74, 6) is 0.391. The van der Waals surface area contributed by atoms with Crippen molar-refractivity contribution in [3.8, 4) is 0 Å². The lowest BCUT2D eigenvalue weighted by molar-refractivity contribution is 0.00474. The zero-order chi connectivity index (χ0) is 16.7. The molecule has 0 fully saturated rings. The summed E-state index contributed by atoms with van der Waals surface area (Å²) in [4.78, 5) is 11.5. The largest absolute Gasteiger partial charge is 0.461 e. The van der Waals surface area contributed by atoms with E-state index in [0.29, 0.717) is 0 Å². The van der Waals surface area contributed by atoms with Crippen LogP contribution in [0.4, 0.5) is 4.79 Å². The van der Waals surface area contributed by atoms with Gasteiger partial charge in [-0.25, -0.2) is 4.79 Å². The van der Waals surface area contributed by atoms with Crippen LogP contribution in [0.3, 0.4) is 0 Å². The summed E-state index contributed by atoms with van der Waals surface area (Å²) in [6.07, 6.45) is -3.28. The van der Waals surface area contributed by atoms with Crippen LogP contribution in [-0.4, -0.2) is 34.1 Å². The van der Waals surface area contributed by atoms with Crippen LogP contribution < -0.4 is 5.32 Å². The van der Waals surface area contributed by atoms with Crippen LogP contribution in [0.25, 0.3) is 0 Å². The van der Waals surface area contributed by atoms with Crippen LogP contribution in [0, 0.1) is 0 Å². The smallest absolute Gasteiger partial charge is 0.407 e. The molecule has 4 N–H and O–H groups in total. The number of hydrogen-bond donors (Lipinski definition) is 4. The van der Waals surface area contributed by atoms with Crippen molar-refractivity contribution >= 4 is 6.09 Å². The van der Waals surface area contributed by atoms with Crippen molar-refractivity contribution in [1.29, 1.82) is 0 Å². The van der Waals surface area contributed by atoms with E-state index in [0.717, 1.165) is 5.56 Å². The van der Waals surface area contributed by atoms with Gasteiger partial charge in [-0.3, -0.25) is 0 Å². The molecular weight excluding hydrogens is 302 g/mol. The number of alkyl carbamates (subject to hydrolysis) is 1. The van der Waals surface area contributed by atoms with E-state index in [1.165, 1.54) is 12.1 Å². The Bertz CT molecular complexity index is 612. The summed E-state index contributed by atoms with van der Waals surface area (Å²) in [7, 11) is 0. The Morgan fingerprint density at radius 3 is 2.57 bits per heavy atom. The molecule has 124 valence electrons. The van der Waals surface area contributed by atoms with E-state index < -0.39 is 18.3 Å². The number of furan rings is 1. The molecule has 0 spiro atoms. The standard InChI is InChI=1S/C16H19NO6/c18-9-12-6-7-14(23-12)15(20)13(19)8-17-16(21)22-10-11-4-2-1-3-5-11/h1-7,13,15,18-20H,8-10H2,(H,17,21). The van der Waals surface area contributed by atoms with E-state index in [1.54, 1.807) is 0 Å². The van der Waals surface area contributed by atoms with E-state index in [2.05, 4.69) is 5.32 Å². The highest BCUT2D eigenvalue weighted by Crippen LogP contribution is 2.19. The summed E-state index contributed by atoms with van der Waals surface area (Å²) >= 11 is 0. The SMILES string of the molecule is O=C(NCC(O)C(O)c1ccc(CO)o1)OCc1ccccc1. The van der Waals surface area contributed by atoms with Gasteiger partial charge in [0.1, 0.15) is 36.9 Å². The van der Waals surface area contributed by atoms with Gasteiger partial charge in [0.05, 0.1) is 0 Å². The predicted molar refractivity (Wildman–Crippen MR) is 80.2 cm³/mol. The molecule has 0 aliphatic carbocycles. The lowest BCUT2D eigenvalue weighted by Gasteiger charge is -2.16. The van der Waals surface area contributed by atoms with Crippen LogP contribution in [-0.2, 0) is 18.0 Å². The minimum absolute atomic E-state index is 0.112. The molecule has 2 atom stereocenters. The van der Waals surface area contributed by atoms with Gasteiger partial charge in [-0.05, 0) is 17.7 Å². The molecule has 1 amide bonds. The van der Waals surface area contributed by atoms with Gasteiger partial charge in [-0.1, -0.05) is 30.3 Å². The molecule has 1 heterocycles. The Kier molecular flexibility index (Phi) is 6.16. The van der Waals surface area contributed by atoms with Gasteiger partial charge in [0.15, 0.2) is 0 Å². The average molecular weight is 321 g/mol. The number of amides is 1. The molecular formula is C16H19NO6. The number of nitrogens with one attached hydrogen (secondary N) is 1. The first-order valence-electron chi connectivity index (χ1n) is 7.10. The van der Waals surface area contributed by atoms with Crippen LogP contribution >= 0.6 is 0 Å². The van der Waals surface area contributed by atoms with Gasteiger partial charge in [-0.15, -0.1) is 0 Å². The third kappa shape index (κ3) is 5.10. The minimum Gasteiger partial charge on any atom is -0.461 e. The lowest BCUT2D eigenvalue weighted by atomic mass is 10.1. The molecule has 1 aromatic heterocycles. The van der Waals surface area contributed by atoms with Crippen LogP contribution in [0.2, 0.25) is 0 Å². The summed E-state index contributed by atoms with van der Waals surface area (Å²) < 4.78 is 10.1. The molecule has 2 rings (SSSR count). The van der Waals surface area contributed by atoms with Crippen molar-refractivity contribution in [3.05, 3.63) is 59.5 Å². The van der Waals surface area contributed by atoms with Crippen molar-refractivity contribution in [3.63, 3.8) is 0 Å². The number of benzene rings is 1. The van der Waals surface area contributed by atoms with Crippen LogP contribution in [0.15, 0.2) is 46.9 Å². The Labute approximate surface area is 133 Å². The number of rotatable bonds is 7. The Morgan fingerprint density at radius 1 is 1.17 bits per heavy atom. The summed E-state index contributed by atoms with van der Waals surface area (Å²) in [5, 5.41) is 31.0. The molecule has 7 nitrogen and oxygen atoms in total. The van der Waals surface area contributed by atoms with Crippen molar-refractivity contribution in [2.45, 2.75) is 25.4 Å². The van der Waals surface area contributed by atoms with Crippen molar-refractivity contribution < 1.29 is 29.3 Å². The zero-order valence-corrected chi connectivity index (χ0v) is 12.4. The number of ether oxygens (including phenoxy) is 1. The second-order valence-corrected chi connectivity index (χ2v) is 4.92. The molecule has 1 aromatic carbocycles. The normalized spacial score (nSPS) is 13.3. The van der Waals surface area contributed by atoms with E-state index in [9.17, 15) is 15.0 Å². The summed E-state index contributed by atoms with van der Waals surface area (Å²) in [6, 6.07) is 12.1. The van der Waals surface area contributed by atoms with Crippen molar-refractivity contribution in [2.75, 3.05) is 6.54 Å². The average Bonchev–Trinajstić information content (AvgIpc) is 3.07. The highest BCUT2D eigenvalue weighted by molar-refractivity contribution is 5.67. The van der Waals surface area contributed by atoms with Gasteiger partial charge >= 0.3 is 6.09 Å². The van der Waals surface area contributed by atoms with E-state index >= 15 is 0 Å². The minimum atomic E-state index is -1.32. The fourth-order valence-electron chi connectivity index (χ4n) is 1.90. The second-order valence-electron chi connectivity index (χ2n) is 4.92. The third-order valence-corrected chi connectivity index (χ3v) is 3.16. The summed E-state index contributed by atoms with van der Waals surface area (Å²) in [6.45, 7) is -0.389. The molecule has 0 radical (unpaired) electrons. The number of carbonyl (C=O) groups excluding carboxylic acids is 1. The first-order valence-corrected chi connectivity index (χ1v) is 7.10. The molecule has 2 unspecified atom stereocenters. The summed E-state index contributed by atoms with van der Waals surface area (Å²) in [5.41, 5.74) is 0.843. The third-order valence-electron chi connectivity index (χ3n) is 3.16. The number of aliphatic hydroxyl groups excluding tert-OH is 3. The van der Waals surface area contributed by atoms with Crippen molar-refractivity contribution in [1.82, 2.24) is 5.32 Å². The molecule has 23 heavy (non-hydrogen) atoms. The fraction of sp³-hybridized carbons (Fsp3) is 0.312. The van der Waals surface area contributed by atoms with Gasteiger partial charge in [0.2, 0.25) is 0 Å². The molecule has 0 aliphatic rings. The predicted octanol–water partition coefficient (Wildman–Crippen LogP) is 1.09. The first-order chi connectivity index (χ1) is 11.1. The van der Waals surface area contributed by atoms with Crippen LogP contribution in [0.5, 0.6) is 0 Å². The Balaban J connectivity index is 1.74. The maximum atomic E-state index is 11.5. The highest BCUT2D eigenvalue weighted by Gasteiger charge is 2.22. The van der Waals surface area contributed by atoms with Gasteiger partial charge in [0, 0.05) is 6.54 Å². The molecule has 2 aromatic rings. The van der Waals surface area contributed by atoms with Gasteiger partial charge < -0.3 is 29.8 Å². The Hall–Kier alpha value is -2.35. The fourth-order valence-corrected chi connectivity index (χ4v) is 1.90. The van der Waals surface area contributed by atoms with E-state index in [1.807, 2.05) is 30.3 Å². The highest BCUT2D eigenvalue weighted by atomic mass is 16.5. The van der Waals surface area contributed by atoms with Crippen molar-refractivity contribution in [2.24, 2.45) is 0 Å². The molecule has 0 saturated carbocycles. The molecule has 7 heteroatoms. The topological polar surface area (TPSA) is 112 Å². The van der Waals surface area contributed by atoms with E-state index in [4.69, 9.17) is 14.3 Å². The first kappa shape index (κ1) is 17.0. The molecule has 0 bridgehead atoms.